The number of halogens is 1. The molecular formula is C16H23BrN4O. The van der Waals surface area contributed by atoms with Crippen molar-refractivity contribution in [3.63, 3.8) is 0 Å². The summed E-state index contributed by atoms with van der Waals surface area (Å²) in [7, 11) is 5.49. The van der Waals surface area contributed by atoms with E-state index in [1.165, 1.54) is 18.4 Å². The van der Waals surface area contributed by atoms with Gasteiger partial charge in [-0.1, -0.05) is 28.1 Å². The van der Waals surface area contributed by atoms with Crippen molar-refractivity contribution in [2.75, 3.05) is 27.7 Å². The fraction of sp³-hybridized carbons (Fsp3) is 0.500. The summed E-state index contributed by atoms with van der Waals surface area (Å²) < 4.78 is 1.07. The molecule has 0 radical (unpaired) electrons. The Balaban J connectivity index is 2.01. The fourth-order valence-electron chi connectivity index (χ4n) is 1.91. The van der Waals surface area contributed by atoms with E-state index >= 15 is 0 Å². The first kappa shape index (κ1) is 16.8. The quantitative estimate of drug-likeness (QED) is 0.640. The molecule has 0 heterocycles. The molecule has 1 amide bonds. The summed E-state index contributed by atoms with van der Waals surface area (Å²) in [6, 6.07) is 8.73. The van der Waals surface area contributed by atoms with Crippen molar-refractivity contribution in [3.05, 3.63) is 34.3 Å². The summed E-state index contributed by atoms with van der Waals surface area (Å²) in [4.78, 5) is 19.8. The molecule has 1 aliphatic carbocycles. The first-order chi connectivity index (χ1) is 10.5. The number of benzene rings is 1. The Labute approximate surface area is 140 Å². The van der Waals surface area contributed by atoms with Gasteiger partial charge in [0.2, 0.25) is 5.91 Å². The van der Waals surface area contributed by atoms with Crippen LogP contribution in [0, 0.1) is 0 Å². The standard InChI is InChI=1S/C16H23BrN4O/c1-20(2)15(22)10-18-16(19-14-8-9-14)21(3)11-12-4-6-13(17)7-5-12/h4-7,14H,8-11H2,1-3H3,(H,18,19). The number of amides is 1. The number of carbonyl (C=O) groups excluding carboxylic acids is 1. The van der Waals surface area contributed by atoms with E-state index in [9.17, 15) is 4.79 Å². The predicted molar refractivity (Wildman–Crippen MR) is 92.8 cm³/mol. The molecule has 1 fully saturated rings. The van der Waals surface area contributed by atoms with Gasteiger partial charge in [-0.2, -0.15) is 0 Å². The van der Waals surface area contributed by atoms with Crippen molar-refractivity contribution in [1.82, 2.24) is 15.1 Å². The molecule has 0 atom stereocenters. The Kier molecular flexibility index (Phi) is 5.83. The number of rotatable bonds is 5. The van der Waals surface area contributed by atoms with E-state index in [0.29, 0.717) is 6.04 Å². The van der Waals surface area contributed by atoms with Crippen LogP contribution in [0.5, 0.6) is 0 Å². The van der Waals surface area contributed by atoms with Gasteiger partial charge in [-0.3, -0.25) is 4.79 Å². The van der Waals surface area contributed by atoms with Crippen LogP contribution in [0.15, 0.2) is 33.7 Å². The maximum absolute atomic E-state index is 11.7. The van der Waals surface area contributed by atoms with E-state index in [4.69, 9.17) is 0 Å². The number of guanidine groups is 1. The smallest absolute Gasteiger partial charge is 0.243 e. The van der Waals surface area contributed by atoms with Gasteiger partial charge >= 0.3 is 0 Å². The summed E-state index contributed by atoms with van der Waals surface area (Å²) in [5, 5.41) is 3.41. The third kappa shape index (κ3) is 5.33. The molecule has 0 spiro atoms. The van der Waals surface area contributed by atoms with Gasteiger partial charge in [-0.05, 0) is 30.5 Å². The molecule has 1 aliphatic rings. The number of nitrogens with zero attached hydrogens (tertiary/aromatic N) is 3. The van der Waals surface area contributed by atoms with Crippen molar-refractivity contribution < 1.29 is 4.79 Å². The lowest BCUT2D eigenvalue weighted by atomic mass is 10.2. The Bertz CT molecular complexity index is 538. The SMILES string of the molecule is CN(C)C(=O)CN=C(NC1CC1)N(C)Cc1ccc(Br)cc1. The lowest BCUT2D eigenvalue weighted by Crippen LogP contribution is -2.40. The van der Waals surface area contributed by atoms with Crippen LogP contribution < -0.4 is 5.32 Å². The van der Waals surface area contributed by atoms with E-state index < -0.39 is 0 Å². The molecule has 1 N–H and O–H groups in total. The largest absolute Gasteiger partial charge is 0.353 e. The molecule has 1 aromatic rings. The lowest BCUT2D eigenvalue weighted by molar-refractivity contribution is -0.127. The molecule has 0 aliphatic heterocycles. The Morgan fingerprint density at radius 2 is 1.91 bits per heavy atom. The van der Waals surface area contributed by atoms with E-state index in [1.54, 1.807) is 19.0 Å². The molecule has 0 unspecified atom stereocenters. The van der Waals surface area contributed by atoms with Crippen LogP contribution in [0.1, 0.15) is 18.4 Å². The second kappa shape index (κ2) is 7.63. The molecule has 1 aromatic carbocycles. The van der Waals surface area contributed by atoms with Gasteiger partial charge in [0.25, 0.3) is 0 Å². The van der Waals surface area contributed by atoms with Crippen LogP contribution in [0.2, 0.25) is 0 Å². The van der Waals surface area contributed by atoms with Gasteiger partial charge in [0, 0.05) is 38.2 Å². The van der Waals surface area contributed by atoms with Crippen molar-refractivity contribution >= 4 is 27.8 Å². The zero-order valence-electron chi connectivity index (χ0n) is 13.3. The number of hydrogen-bond donors (Lipinski definition) is 1. The molecule has 2 rings (SSSR count). The zero-order valence-corrected chi connectivity index (χ0v) is 14.9. The number of aliphatic imine (C=N–C) groups is 1. The van der Waals surface area contributed by atoms with E-state index in [2.05, 4.69) is 43.3 Å². The van der Waals surface area contributed by atoms with Crippen LogP contribution in [0.25, 0.3) is 0 Å². The normalized spacial score (nSPS) is 14.6. The summed E-state index contributed by atoms with van der Waals surface area (Å²) in [5.41, 5.74) is 1.20. The third-order valence-electron chi connectivity index (χ3n) is 3.47. The van der Waals surface area contributed by atoms with Gasteiger partial charge in [-0.25, -0.2) is 4.99 Å². The molecule has 0 saturated heterocycles. The van der Waals surface area contributed by atoms with Crippen molar-refractivity contribution in [2.24, 2.45) is 4.99 Å². The van der Waals surface area contributed by atoms with Crippen molar-refractivity contribution in [2.45, 2.75) is 25.4 Å². The predicted octanol–water partition coefficient (Wildman–Crippen LogP) is 2.08. The summed E-state index contributed by atoms with van der Waals surface area (Å²) in [5.74, 6) is 0.799. The first-order valence-electron chi connectivity index (χ1n) is 7.42. The van der Waals surface area contributed by atoms with Crippen LogP contribution in [-0.2, 0) is 11.3 Å². The molecule has 1 saturated carbocycles. The van der Waals surface area contributed by atoms with Crippen molar-refractivity contribution in [1.29, 1.82) is 0 Å². The minimum atomic E-state index is 0.00661. The highest BCUT2D eigenvalue weighted by atomic mass is 79.9. The summed E-state index contributed by atoms with van der Waals surface area (Å²) in [6.07, 6.45) is 2.35. The highest BCUT2D eigenvalue weighted by Crippen LogP contribution is 2.19. The Morgan fingerprint density at radius 1 is 1.27 bits per heavy atom. The maximum Gasteiger partial charge on any atom is 0.243 e. The first-order valence-corrected chi connectivity index (χ1v) is 8.21. The Hall–Kier alpha value is -1.56. The highest BCUT2D eigenvalue weighted by Gasteiger charge is 2.24. The third-order valence-corrected chi connectivity index (χ3v) is 4.00. The topological polar surface area (TPSA) is 47.9 Å². The van der Waals surface area contributed by atoms with Crippen LogP contribution >= 0.6 is 15.9 Å². The van der Waals surface area contributed by atoms with Gasteiger partial charge in [0.05, 0.1) is 0 Å². The highest BCUT2D eigenvalue weighted by molar-refractivity contribution is 9.10. The monoisotopic (exact) mass is 366 g/mol. The number of hydrogen-bond acceptors (Lipinski definition) is 2. The van der Waals surface area contributed by atoms with Gasteiger partial charge < -0.3 is 15.1 Å². The second-order valence-electron chi connectivity index (χ2n) is 5.83. The molecular weight excluding hydrogens is 344 g/mol. The second-order valence-corrected chi connectivity index (χ2v) is 6.74. The molecule has 0 aromatic heterocycles. The van der Waals surface area contributed by atoms with E-state index in [1.807, 2.05) is 19.2 Å². The molecule has 5 nitrogen and oxygen atoms in total. The summed E-state index contributed by atoms with van der Waals surface area (Å²) in [6.45, 7) is 0.925. The molecule has 22 heavy (non-hydrogen) atoms. The van der Waals surface area contributed by atoms with Crippen LogP contribution in [-0.4, -0.2) is 55.4 Å². The van der Waals surface area contributed by atoms with Gasteiger partial charge in [0.1, 0.15) is 6.54 Å². The van der Waals surface area contributed by atoms with Gasteiger partial charge in [-0.15, -0.1) is 0 Å². The average Bonchev–Trinajstić information content (AvgIpc) is 3.29. The molecule has 120 valence electrons. The fourth-order valence-corrected chi connectivity index (χ4v) is 2.17. The lowest BCUT2D eigenvalue weighted by Gasteiger charge is -2.23. The van der Waals surface area contributed by atoms with Crippen LogP contribution in [0.4, 0.5) is 0 Å². The Morgan fingerprint density at radius 3 is 2.45 bits per heavy atom. The molecule has 6 heteroatoms. The maximum atomic E-state index is 11.7. The number of likely N-dealkylation sites (N-methyl/N-ethyl adjacent to an activating group) is 1. The average molecular weight is 367 g/mol. The summed E-state index contributed by atoms with van der Waals surface area (Å²) >= 11 is 3.44. The van der Waals surface area contributed by atoms with Crippen LogP contribution in [0.3, 0.4) is 0 Å². The zero-order chi connectivity index (χ0) is 16.1. The van der Waals surface area contributed by atoms with Gasteiger partial charge in [0.15, 0.2) is 5.96 Å². The number of nitrogens with one attached hydrogen (secondary N) is 1. The minimum absolute atomic E-state index is 0.00661. The minimum Gasteiger partial charge on any atom is -0.353 e. The van der Waals surface area contributed by atoms with E-state index in [-0.39, 0.29) is 12.5 Å². The number of carbonyl (C=O) groups is 1. The molecule has 0 bridgehead atoms. The van der Waals surface area contributed by atoms with E-state index in [0.717, 1.165) is 17.0 Å². The van der Waals surface area contributed by atoms with Crippen molar-refractivity contribution in [3.8, 4) is 0 Å².